The Morgan fingerprint density at radius 2 is 2.13 bits per heavy atom. The van der Waals surface area contributed by atoms with Crippen molar-refractivity contribution in [2.24, 2.45) is 0 Å². The van der Waals surface area contributed by atoms with E-state index in [0.717, 1.165) is 23.9 Å². The number of para-hydroxylation sites is 1. The molecule has 0 bridgehead atoms. The largest absolute Gasteiger partial charge is 0.490 e. The number of rotatable bonds is 5. The first kappa shape index (κ1) is 12.6. The minimum absolute atomic E-state index is 0.300. The second-order valence-electron chi connectivity index (χ2n) is 3.91. The molecule has 0 amide bonds. The highest BCUT2D eigenvalue weighted by molar-refractivity contribution is 9.08. The summed E-state index contributed by atoms with van der Waals surface area (Å²) in [6, 6.07) is 6.28. The van der Waals surface area contributed by atoms with Gasteiger partial charge in [0.25, 0.3) is 0 Å². The van der Waals surface area contributed by atoms with Gasteiger partial charge in [0.2, 0.25) is 0 Å². The Morgan fingerprint density at radius 3 is 2.73 bits per heavy atom. The van der Waals surface area contributed by atoms with Gasteiger partial charge in [0.05, 0.1) is 6.10 Å². The van der Waals surface area contributed by atoms with Crippen molar-refractivity contribution in [3.05, 3.63) is 29.3 Å². The first-order chi connectivity index (χ1) is 7.19. The maximum absolute atomic E-state index is 5.98. The van der Waals surface area contributed by atoms with Crippen molar-refractivity contribution in [1.82, 2.24) is 0 Å². The molecule has 0 radical (unpaired) electrons. The van der Waals surface area contributed by atoms with E-state index < -0.39 is 0 Å². The number of alkyl halides is 1. The maximum atomic E-state index is 5.98. The molecule has 0 heterocycles. The molecule has 0 aliphatic carbocycles. The Labute approximate surface area is 101 Å². The zero-order valence-electron chi connectivity index (χ0n) is 9.72. The van der Waals surface area contributed by atoms with Gasteiger partial charge in [-0.2, -0.15) is 0 Å². The second-order valence-corrected chi connectivity index (χ2v) is 4.47. The molecule has 0 N–H and O–H groups in total. The van der Waals surface area contributed by atoms with Crippen LogP contribution in [0, 0.1) is 6.92 Å². The molecule has 84 valence electrons. The number of ether oxygens (including phenoxy) is 1. The van der Waals surface area contributed by atoms with Crippen LogP contribution in [0.1, 0.15) is 37.8 Å². The topological polar surface area (TPSA) is 9.23 Å². The van der Waals surface area contributed by atoms with Gasteiger partial charge in [0, 0.05) is 10.9 Å². The van der Waals surface area contributed by atoms with Crippen molar-refractivity contribution in [2.75, 3.05) is 0 Å². The summed E-state index contributed by atoms with van der Waals surface area (Å²) < 4.78 is 5.98. The van der Waals surface area contributed by atoms with Gasteiger partial charge in [-0.25, -0.2) is 0 Å². The van der Waals surface area contributed by atoms with Crippen LogP contribution in [0.5, 0.6) is 5.75 Å². The fourth-order valence-electron chi connectivity index (χ4n) is 1.65. The lowest BCUT2D eigenvalue weighted by molar-refractivity contribution is 0.207. The van der Waals surface area contributed by atoms with Crippen molar-refractivity contribution in [1.29, 1.82) is 0 Å². The number of aryl methyl sites for hydroxylation is 1. The van der Waals surface area contributed by atoms with Crippen LogP contribution < -0.4 is 4.74 Å². The van der Waals surface area contributed by atoms with E-state index in [1.54, 1.807) is 0 Å². The van der Waals surface area contributed by atoms with E-state index in [1.165, 1.54) is 11.1 Å². The van der Waals surface area contributed by atoms with Crippen LogP contribution in [0.15, 0.2) is 18.2 Å². The molecular formula is C13H19BrO. The van der Waals surface area contributed by atoms with Gasteiger partial charge in [-0.1, -0.05) is 47.5 Å². The van der Waals surface area contributed by atoms with Gasteiger partial charge in [0.1, 0.15) is 5.75 Å². The van der Waals surface area contributed by atoms with Crippen LogP contribution in [0.25, 0.3) is 0 Å². The summed E-state index contributed by atoms with van der Waals surface area (Å²) in [7, 11) is 0. The molecule has 1 rings (SSSR count). The zero-order valence-corrected chi connectivity index (χ0v) is 11.3. The zero-order chi connectivity index (χ0) is 11.3. The summed E-state index contributed by atoms with van der Waals surface area (Å²) in [5.41, 5.74) is 2.45. The maximum Gasteiger partial charge on any atom is 0.126 e. The SMILES string of the molecule is CCCC(C)Oc1c(C)cccc1CBr. The Balaban J connectivity index is 2.82. The van der Waals surface area contributed by atoms with Gasteiger partial charge in [-0.15, -0.1) is 0 Å². The second kappa shape index (κ2) is 6.16. The van der Waals surface area contributed by atoms with E-state index >= 15 is 0 Å². The summed E-state index contributed by atoms with van der Waals surface area (Å²) in [6.07, 6.45) is 2.57. The van der Waals surface area contributed by atoms with Crippen LogP contribution >= 0.6 is 15.9 Å². The predicted molar refractivity (Wildman–Crippen MR) is 68.8 cm³/mol. The Bertz CT molecular complexity index is 309. The molecule has 0 saturated heterocycles. The first-order valence-corrected chi connectivity index (χ1v) is 6.62. The summed E-state index contributed by atoms with van der Waals surface area (Å²) in [6.45, 7) is 6.41. The molecule has 2 heteroatoms. The van der Waals surface area contributed by atoms with E-state index in [-0.39, 0.29) is 0 Å². The van der Waals surface area contributed by atoms with Gasteiger partial charge in [0.15, 0.2) is 0 Å². The third-order valence-corrected chi connectivity index (χ3v) is 3.06. The van der Waals surface area contributed by atoms with Crippen molar-refractivity contribution in [3.63, 3.8) is 0 Å². The average molecular weight is 271 g/mol. The smallest absolute Gasteiger partial charge is 0.126 e. The molecule has 1 atom stereocenters. The fourth-order valence-corrected chi connectivity index (χ4v) is 2.10. The molecule has 1 nitrogen and oxygen atoms in total. The van der Waals surface area contributed by atoms with E-state index in [1.807, 2.05) is 0 Å². The first-order valence-electron chi connectivity index (χ1n) is 5.50. The standard InChI is InChI=1S/C13H19BrO/c1-4-6-11(3)15-13-10(2)7-5-8-12(13)9-14/h5,7-8,11H,4,6,9H2,1-3H3. The molecule has 0 saturated carbocycles. The lowest BCUT2D eigenvalue weighted by atomic mass is 10.1. The summed E-state index contributed by atoms with van der Waals surface area (Å²) in [5.74, 6) is 1.05. The average Bonchev–Trinajstić information content (AvgIpc) is 2.21. The van der Waals surface area contributed by atoms with E-state index in [9.17, 15) is 0 Å². The molecule has 0 aliphatic heterocycles. The van der Waals surface area contributed by atoms with Crippen LogP contribution in [0.4, 0.5) is 0 Å². The number of hydrogen-bond acceptors (Lipinski definition) is 1. The highest BCUT2D eigenvalue weighted by Crippen LogP contribution is 2.27. The molecule has 0 aliphatic rings. The van der Waals surface area contributed by atoms with E-state index in [2.05, 4.69) is 54.9 Å². The van der Waals surface area contributed by atoms with Gasteiger partial charge < -0.3 is 4.74 Å². The Morgan fingerprint density at radius 1 is 1.40 bits per heavy atom. The van der Waals surface area contributed by atoms with Crippen molar-refractivity contribution in [2.45, 2.75) is 45.0 Å². The quantitative estimate of drug-likeness (QED) is 0.718. The minimum Gasteiger partial charge on any atom is -0.490 e. The third kappa shape index (κ3) is 3.53. The van der Waals surface area contributed by atoms with Crippen molar-refractivity contribution < 1.29 is 4.74 Å². The summed E-state index contributed by atoms with van der Waals surface area (Å²) in [5, 5.41) is 0.850. The molecule has 1 aromatic carbocycles. The number of hydrogen-bond donors (Lipinski definition) is 0. The van der Waals surface area contributed by atoms with E-state index in [4.69, 9.17) is 4.74 Å². The van der Waals surface area contributed by atoms with Crippen LogP contribution in [0.3, 0.4) is 0 Å². The van der Waals surface area contributed by atoms with Crippen LogP contribution in [-0.4, -0.2) is 6.10 Å². The van der Waals surface area contributed by atoms with E-state index in [0.29, 0.717) is 6.10 Å². The molecule has 1 unspecified atom stereocenters. The van der Waals surface area contributed by atoms with Crippen molar-refractivity contribution in [3.8, 4) is 5.75 Å². The predicted octanol–water partition coefficient (Wildman–Crippen LogP) is 4.46. The van der Waals surface area contributed by atoms with Crippen molar-refractivity contribution >= 4 is 15.9 Å². The fraction of sp³-hybridized carbons (Fsp3) is 0.538. The molecule has 1 aromatic rings. The highest BCUT2D eigenvalue weighted by Gasteiger charge is 2.09. The third-order valence-electron chi connectivity index (χ3n) is 2.45. The van der Waals surface area contributed by atoms with Crippen LogP contribution in [0.2, 0.25) is 0 Å². The summed E-state index contributed by atoms with van der Waals surface area (Å²) in [4.78, 5) is 0. The summed E-state index contributed by atoms with van der Waals surface area (Å²) >= 11 is 3.49. The lowest BCUT2D eigenvalue weighted by Crippen LogP contribution is -2.12. The molecule has 0 fully saturated rings. The number of halogens is 1. The molecule has 0 aromatic heterocycles. The minimum atomic E-state index is 0.300. The van der Waals surface area contributed by atoms with Gasteiger partial charge in [-0.3, -0.25) is 0 Å². The van der Waals surface area contributed by atoms with Gasteiger partial charge in [-0.05, 0) is 25.8 Å². The lowest BCUT2D eigenvalue weighted by Gasteiger charge is -2.18. The van der Waals surface area contributed by atoms with Gasteiger partial charge >= 0.3 is 0 Å². The molecule has 15 heavy (non-hydrogen) atoms. The molecule has 0 spiro atoms. The Hall–Kier alpha value is -0.500. The van der Waals surface area contributed by atoms with Crippen LogP contribution in [-0.2, 0) is 5.33 Å². The monoisotopic (exact) mass is 270 g/mol. The Kier molecular flexibility index (Phi) is 5.16. The normalized spacial score (nSPS) is 12.5. The number of benzene rings is 1. The highest BCUT2D eigenvalue weighted by atomic mass is 79.9. The molecular weight excluding hydrogens is 252 g/mol.